The average molecular weight is 533 g/mol. The average Bonchev–Trinajstić information content (AvgIpc) is 3.35. The van der Waals surface area contributed by atoms with Gasteiger partial charge in [-0.05, 0) is 94.7 Å². The number of ether oxygens (including phenoxy) is 1. The van der Waals surface area contributed by atoms with E-state index in [1.54, 1.807) is 0 Å². The zero-order valence-corrected chi connectivity index (χ0v) is 23.5. The minimum atomic E-state index is -0.210. The number of hydrogen-bond acceptors (Lipinski definition) is 6. The zero-order valence-electron chi connectivity index (χ0n) is 22.6. The van der Waals surface area contributed by atoms with Crippen LogP contribution >= 0.6 is 11.8 Å². The number of benzene rings is 1. The van der Waals surface area contributed by atoms with Gasteiger partial charge in [0.15, 0.2) is 0 Å². The first-order valence-electron chi connectivity index (χ1n) is 13.6. The van der Waals surface area contributed by atoms with E-state index in [-0.39, 0.29) is 17.6 Å². The van der Waals surface area contributed by atoms with Crippen molar-refractivity contribution in [1.29, 1.82) is 0 Å². The minimum Gasteiger partial charge on any atom is -0.507 e. The number of carbonyl (C=O) groups is 1. The van der Waals surface area contributed by atoms with E-state index in [0.29, 0.717) is 5.75 Å². The van der Waals surface area contributed by atoms with Crippen molar-refractivity contribution in [3.8, 4) is 11.5 Å². The number of likely N-dealkylation sites (tertiary alicyclic amines) is 1. The molecule has 1 atom stereocenters. The summed E-state index contributed by atoms with van der Waals surface area (Å²) in [5.41, 5.74) is 5.74. The van der Waals surface area contributed by atoms with Crippen molar-refractivity contribution in [2.45, 2.75) is 76.5 Å². The van der Waals surface area contributed by atoms with E-state index in [2.05, 4.69) is 33.4 Å². The van der Waals surface area contributed by atoms with Crippen molar-refractivity contribution in [3.63, 3.8) is 0 Å². The lowest BCUT2D eigenvalue weighted by Crippen LogP contribution is -2.47. The normalized spacial score (nSPS) is 21.6. The summed E-state index contributed by atoms with van der Waals surface area (Å²) in [6.45, 7) is 11.2. The predicted octanol–water partition coefficient (Wildman–Crippen LogP) is 5.17. The van der Waals surface area contributed by atoms with Crippen molar-refractivity contribution in [2.24, 2.45) is 0 Å². The highest BCUT2D eigenvalue weighted by molar-refractivity contribution is 8.04. The summed E-state index contributed by atoms with van der Waals surface area (Å²) in [7, 11) is 0. The van der Waals surface area contributed by atoms with Gasteiger partial charge in [-0.15, -0.1) is 0 Å². The maximum absolute atomic E-state index is 13.1. The number of nitrogens with zero attached hydrogens (tertiary/aromatic N) is 3. The highest BCUT2D eigenvalue weighted by atomic mass is 32.2. The van der Waals surface area contributed by atoms with Crippen molar-refractivity contribution in [3.05, 3.63) is 57.2 Å². The number of aromatic hydroxyl groups is 1. The molecule has 1 aromatic carbocycles. The molecule has 6 rings (SSSR count). The number of rotatable bonds is 5. The molecule has 1 unspecified atom stereocenters. The molecule has 2 aromatic heterocycles. The fraction of sp³-hybridized carbons (Fsp3) is 0.467. The van der Waals surface area contributed by atoms with Crippen LogP contribution in [0.2, 0.25) is 0 Å². The predicted molar refractivity (Wildman–Crippen MR) is 151 cm³/mol. The molecule has 5 heterocycles. The molecule has 2 N–H and O–H groups in total. The van der Waals surface area contributed by atoms with Crippen LogP contribution < -0.4 is 10.1 Å². The smallest absolute Gasteiger partial charge is 0.258 e. The number of amides is 1. The SMILES string of the molecule is Cc1c(C)c2c(c(C)c1O)CCC(C)(CCN1CCC(NC(=O)C3=Cc4cnc5cccc(n45)S3)CC1)O2. The molecule has 3 aliphatic rings. The molecule has 0 radical (unpaired) electrons. The number of imidazole rings is 1. The molecular weight excluding hydrogens is 496 g/mol. The van der Waals surface area contributed by atoms with Crippen molar-refractivity contribution < 1.29 is 14.6 Å². The molecule has 1 saturated heterocycles. The number of piperidine rings is 1. The van der Waals surface area contributed by atoms with Crippen LogP contribution in [0.4, 0.5) is 0 Å². The van der Waals surface area contributed by atoms with E-state index in [0.717, 1.165) is 101 Å². The first-order chi connectivity index (χ1) is 18.2. The summed E-state index contributed by atoms with van der Waals surface area (Å²) in [5.74, 6) is 1.39. The van der Waals surface area contributed by atoms with Gasteiger partial charge in [-0.2, -0.15) is 0 Å². The molecular formula is C30H36N4O3S. The Morgan fingerprint density at radius 3 is 2.79 bits per heavy atom. The number of carbonyl (C=O) groups excluding carboxylic acids is 1. The van der Waals surface area contributed by atoms with Crippen LogP contribution in [0.25, 0.3) is 11.7 Å². The van der Waals surface area contributed by atoms with Crippen LogP contribution in [0.15, 0.2) is 34.3 Å². The van der Waals surface area contributed by atoms with Crippen molar-refractivity contribution in [1.82, 2.24) is 19.6 Å². The molecule has 38 heavy (non-hydrogen) atoms. The molecule has 3 aliphatic heterocycles. The summed E-state index contributed by atoms with van der Waals surface area (Å²) in [4.78, 5) is 20.8. The molecule has 8 heteroatoms. The molecule has 1 fully saturated rings. The van der Waals surface area contributed by atoms with Gasteiger partial charge in [0.2, 0.25) is 0 Å². The fourth-order valence-electron chi connectivity index (χ4n) is 6.02. The second-order valence-electron chi connectivity index (χ2n) is 11.3. The Balaban J connectivity index is 1.02. The maximum atomic E-state index is 13.1. The Bertz CT molecular complexity index is 1450. The first-order valence-corrected chi connectivity index (χ1v) is 14.4. The van der Waals surface area contributed by atoms with Crippen LogP contribution in [0, 0.1) is 20.8 Å². The van der Waals surface area contributed by atoms with Crippen LogP contribution in [0.5, 0.6) is 11.5 Å². The second-order valence-corrected chi connectivity index (χ2v) is 12.3. The number of pyridine rings is 1. The van der Waals surface area contributed by atoms with Crippen molar-refractivity contribution >= 4 is 29.4 Å². The lowest BCUT2D eigenvalue weighted by atomic mass is 9.85. The highest BCUT2D eigenvalue weighted by Crippen LogP contribution is 2.44. The van der Waals surface area contributed by atoms with E-state index >= 15 is 0 Å². The summed E-state index contributed by atoms with van der Waals surface area (Å²) in [6, 6.07) is 6.19. The Kier molecular flexibility index (Phi) is 6.43. The Morgan fingerprint density at radius 2 is 2.00 bits per heavy atom. The van der Waals surface area contributed by atoms with Gasteiger partial charge in [-0.3, -0.25) is 9.20 Å². The number of nitrogens with one attached hydrogen (secondary N) is 1. The van der Waals surface area contributed by atoms with Gasteiger partial charge in [0.05, 0.1) is 21.8 Å². The van der Waals surface area contributed by atoms with Crippen LogP contribution in [-0.2, 0) is 11.2 Å². The molecule has 0 aliphatic carbocycles. The third kappa shape index (κ3) is 4.47. The number of aromatic nitrogens is 2. The monoisotopic (exact) mass is 532 g/mol. The standard InChI is InChI=1S/C30H36N4O3S/c1-18-19(2)28-23(20(3)27(18)35)8-11-30(4,37-28)12-15-33-13-9-21(10-14-33)32-29(36)24-16-22-17-31-25-6-5-7-26(38-24)34(22)25/h5-7,16-17,21,35H,8-15H2,1-4H3,(H,32,36). The lowest BCUT2D eigenvalue weighted by Gasteiger charge is -2.40. The number of phenols is 1. The molecule has 200 valence electrons. The van der Waals surface area contributed by atoms with Gasteiger partial charge in [0.25, 0.3) is 5.91 Å². The van der Waals surface area contributed by atoms with Gasteiger partial charge in [0, 0.05) is 31.2 Å². The van der Waals surface area contributed by atoms with Gasteiger partial charge < -0.3 is 20.1 Å². The molecule has 0 saturated carbocycles. The maximum Gasteiger partial charge on any atom is 0.258 e. The summed E-state index contributed by atoms with van der Waals surface area (Å²) in [6.07, 6.45) is 8.52. The van der Waals surface area contributed by atoms with E-state index in [1.165, 1.54) is 11.8 Å². The topological polar surface area (TPSA) is 79.1 Å². The minimum absolute atomic E-state index is 0.00618. The second kappa shape index (κ2) is 9.65. The van der Waals surface area contributed by atoms with E-state index in [9.17, 15) is 9.90 Å². The quantitative estimate of drug-likeness (QED) is 0.472. The molecule has 1 amide bonds. The van der Waals surface area contributed by atoms with E-state index < -0.39 is 0 Å². The Morgan fingerprint density at radius 1 is 1.21 bits per heavy atom. The third-order valence-corrected chi connectivity index (χ3v) is 9.76. The number of phenolic OH excluding ortho intramolecular Hbond substituents is 1. The van der Waals surface area contributed by atoms with Gasteiger partial charge in [0.1, 0.15) is 22.7 Å². The fourth-order valence-corrected chi connectivity index (χ4v) is 7.01. The Labute approximate surface area is 228 Å². The third-order valence-electron chi connectivity index (χ3n) is 8.71. The summed E-state index contributed by atoms with van der Waals surface area (Å²) < 4.78 is 8.72. The van der Waals surface area contributed by atoms with Gasteiger partial charge in [-0.1, -0.05) is 17.8 Å². The molecule has 7 nitrogen and oxygen atoms in total. The molecule has 0 spiro atoms. The van der Waals surface area contributed by atoms with Crippen LogP contribution in [-0.4, -0.2) is 56.6 Å². The number of fused-ring (bicyclic) bond motifs is 1. The van der Waals surface area contributed by atoms with E-state index in [4.69, 9.17) is 4.74 Å². The van der Waals surface area contributed by atoms with Crippen LogP contribution in [0.1, 0.15) is 60.6 Å². The lowest BCUT2D eigenvalue weighted by molar-refractivity contribution is -0.117. The van der Waals surface area contributed by atoms with Crippen LogP contribution in [0.3, 0.4) is 0 Å². The van der Waals surface area contributed by atoms with E-state index in [1.807, 2.05) is 44.3 Å². The van der Waals surface area contributed by atoms with Gasteiger partial charge >= 0.3 is 0 Å². The summed E-state index contributed by atoms with van der Waals surface area (Å²) >= 11 is 1.51. The largest absolute Gasteiger partial charge is 0.507 e. The van der Waals surface area contributed by atoms with Crippen molar-refractivity contribution in [2.75, 3.05) is 19.6 Å². The Hall–Kier alpha value is -2.97. The number of thioether (sulfide) groups is 1. The van der Waals surface area contributed by atoms with Gasteiger partial charge in [-0.25, -0.2) is 4.98 Å². The first kappa shape index (κ1) is 25.3. The zero-order chi connectivity index (χ0) is 26.6. The molecule has 3 aromatic rings. The highest BCUT2D eigenvalue weighted by Gasteiger charge is 2.35. The molecule has 0 bridgehead atoms. The number of hydrogen-bond donors (Lipinski definition) is 2. The summed E-state index contributed by atoms with van der Waals surface area (Å²) in [5, 5.41) is 14.8.